The van der Waals surface area contributed by atoms with Gasteiger partial charge in [-0.05, 0) is 57.1 Å². The number of aromatic nitrogens is 5. The summed E-state index contributed by atoms with van der Waals surface area (Å²) < 4.78 is 12.2. The fraction of sp³-hybridized carbons (Fsp3) is 0.444. The lowest BCUT2D eigenvalue weighted by Gasteiger charge is -2.39. The smallest absolute Gasteiger partial charge is 0.276 e. The van der Waals surface area contributed by atoms with Crippen molar-refractivity contribution in [2.75, 3.05) is 36.3 Å². The summed E-state index contributed by atoms with van der Waals surface area (Å²) in [7, 11) is 2.87. The number of nitrogens with zero attached hydrogens (tertiary/aromatic N) is 5. The van der Waals surface area contributed by atoms with Crippen LogP contribution in [0.5, 0.6) is 11.5 Å². The van der Waals surface area contributed by atoms with Crippen molar-refractivity contribution in [3.05, 3.63) is 39.8 Å². The predicted molar refractivity (Wildman–Crippen MR) is 153 cm³/mol. The molecule has 3 aromatic heterocycles. The van der Waals surface area contributed by atoms with E-state index in [2.05, 4.69) is 35.9 Å². The second-order valence-electron chi connectivity index (χ2n) is 10.9. The molecule has 15 heteroatoms. The number of anilines is 5. The van der Waals surface area contributed by atoms with Crippen LogP contribution in [0, 0.1) is 12.8 Å². The number of amides is 2. The van der Waals surface area contributed by atoms with E-state index in [1.165, 1.54) is 25.1 Å². The van der Waals surface area contributed by atoms with Gasteiger partial charge in [-0.15, -0.1) is 0 Å². The van der Waals surface area contributed by atoms with Crippen LogP contribution in [0.1, 0.15) is 66.3 Å². The van der Waals surface area contributed by atoms with E-state index in [0.29, 0.717) is 37.1 Å². The molecule has 15 nitrogen and oxygen atoms in total. The largest absolute Gasteiger partial charge is 0.490 e. The summed E-state index contributed by atoms with van der Waals surface area (Å²) >= 11 is 0. The fourth-order valence-corrected chi connectivity index (χ4v) is 5.96. The predicted octanol–water partition coefficient (Wildman–Crippen LogP) is 1.76. The van der Waals surface area contributed by atoms with Gasteiger partial charge >= 0.3 is 0 Å². The zero-order valence-electron chi connectivity index (χ0n) is 23.5. The van der Waals surface area contributed by atoms with Crippen molar-refractivity contribution in [2.45, 2.75) is 57.0 Å². The van der Waals surface area contributed by atoms with Gasteiger partial charge in [0, 0.05) is 11.8 Å². The molecule has 0 aromatic carbocycles. The summed E-state index contributed by atoms with van der Waals surface area (Å²) in [6.07, 6.45) is 5.13. The van der Waals surface area contributed by atoms with Crippen LogP contribution >= 0.6 is 0 Å². The Morgan fingerprint density at radius 3 is 2.52 bits per heavy atom. The van der Waals surface area contributed by atoms with Crippen LogP contribution in [0.4, 0.5) is 29.0 Å². The number of hydrogen-bond acceptors (Lipinski definition) is 12. The van der Waals surface area contributed by atoms with Crippen molar-refractivity contribution < 1.29 is 19.1 Å². The average Bonchev–Trinajstić information content (AvgIpc) is 3.76. The molecule has 1 aliphatic heterocycles. The Balaban J connectivity index is 1.38. The molecule has 2 aliphatic carbocycles. The molecule has 4 heterocycles. The van der Waals surface area contributed by atoms with Crippen LogP contribution < -0.4 is 42.5 Å². The average molecular weight is 577 g/mol. The monoisotopic (exact) mass is 576 g/mol. The maximum absolute atomic E-state index is 14.0. The van der Waals surface area contributed by atoms with Gasteiger partial charge < -0.3 is 36.9 Å². The van der Waals surface area contributed by atoms with Crippen LogP contribution in [0.2, 0.25) is 0 Å². The van der Waals surface area contributed by atoms with Crippen molar-refractivity contribution >= 4 is 40.8 Å². The standard InChI is InChI=1S/C27H32N10O5/c1-12-9-15(32-22-17(41-2)19(28)30-11-31-22)26(40)37-16(12)25(39)36-27(37)8-4-5-14(10-27)21-33-20(29)18(42-3)23(34-21)35-24(38)13-6-7-13/h9,11,13-14H,4-8,10H2,1-3H3,(H,36,39)(H3,28,30,31,32)(H3,29,33,34,35,38). The Hall–Kier alpha value is -4.95. The van der Waals surface area contributed by atoms with Crippen molar-refractivity contribution in [3.8, 4) is 11.5 Å². The first kappa shape index (κ1) is 27.2. The first-order valence-electron chi connectivity index (χ1n) is 13.7. The maximum Gasteiger partial charge on any atom is 0.276 e. The molecule has 2 unspecified atom stereocenters. The van der Waals surface area contributed by atoms with E-state index in [1.54, 1.807) is 13.0 Å². The molecule has 2 atom stereocenters. The second kappa shape index (κ2) is 10.2. The highest BCUT2D eigenvalue weighted by atomic mass is 16.5. The molecule has 7 N–H and O–H groups in total. The van der Waals surface area contributed by atoms with E-state index < -0.39 is 11.2 Å². The summed E-state index contributed by atoms with van der Waals surface area (Å²) in [6, 6.07) is 1.60. The Kier molecular flexibility index (Phi) is 6.58. The molecule has 220 valence electrons. The molecule has 42 heavy (non-hydrogen) atoms. The highest BCUT2D eigenvalue weighted by Gasteiger charge is 2.48. The Morgan fingerprint density at radius 2 is 1.81 bits per heavy atom. The number of aryl methyl sites for hydroxylation is 1. The number of pyridine rings is 1. The third kappa shape index (κ3) is 4.50. The molecule has 0 radical (unpaired) electrons. The molecule has 0 saturated heterocycles. The van der Waals surface area contributed by atoms with E-state index in [0.717, 1.165) is 12.8 Å². The highest BCUT2D eigenvalue weighted by molar-refractivity contribution is 5.97. The van der Waals surface area contributed by atoms with Gasteiger partial charge in [-0.1, -0.05) is 0 Å². The number of methoxy groups -OCH3 is 2. The number of hydrogen-bond donors (Lipinski definition) is 5. The van der Waals surface area contributed by atoms with Crippen molar-refractivity contribution in [1.29, 1.82) is 0 Å². The van der Waals surface area contributed by atoms with Crippen molar-refractivity contribution in [1.82, 2.24) is 29.8 Å². The van der Waals surface area contributed by atoms with Gasteiger partial charge in [-0.3, -0.25) is 19.0 Å². The quantitative estimate of drug-likeness (QED) is 0.272. The Morgan fingerprint density at radius 1 is 1.07 bits per heavy atom. The SMILES string of the molecule is COc1c(N)nc(C2CCCC3(C2)NC(=O)c2c(C)cc(Nc4ncnc(N)c4OC)c(=O)n23)nc1NC(=O)C1CC1. The number of ether oxygens (including phenoxy) is 2. The molecular weight excluding hydrogens is 544 g/mol. The van der Waals surface area contributed by atoms with Crippen LogP contribution in [-0.2, 0) is 10.5 Å². The number of carbonyl (C=O) groups is 2. The molecule has 1 spiro atoms. The van der Waals surface area contributed by atoms with Gasteiger partial charge in [0.25, 0.3) is 11.5 Å². The third-order valence-corrected chi connectivity index (χ3v) is 8.06. The molecule has 0 bridgehead atoms. The second-order valence-corrected chi connectivity index (χ2v) is 10.9. The number of carbonyl (C=O) groups excluding carboxylic acids is 2. The molecule has 6 rings (SSSR count). The molecule has 3 aromatic rings. The van der Waals surface area contributed by atoms with Gasteiger partial charge in [0.05, 0.1) is 14.2 Å². The summed E-state index contributed by atoms with van der Waals surface area (Å²) in [5.41, 5.74) is 11.8. The minimum Gasteiger partial charge on any atom is -0.490 e. The summed E-state index contributed by atoms with van der Waals surface area (Å²) in [5, 5.41) is 8.94. The van der Waals surface area contributed by atoms with E-state index in [-0.39, 0.29) is 69.8 Å². The number of rotatable bonds is 7. The minimum absolute atomic E-state index is 0.0471. The molecule has 3 aliphatic rings. The van der Waals surface area contributed by atoms with E-state index in [1.807, 2.05) is 0 Å². The molecule has 2 amide bonds. The topological polar surface area (TPSA) is 214 Å². The molecule has 2 saturated carbocycles. The van der Waals surface area contributed by atoms with Crippen LogP contribution in [0.3, 0.4) is 0 Å². The normalized spacial score (nSPS) is 21.0. The number of nitrogens with one attached hydrogen (secondary N) is 3. The number of nitrogens with two attached hydrogens (primary N) is 2. The van der Waals surface area contributed by atoms with E-state index >= 15 is 0 Å². The van der Waals surface area contributed by atoms with Gasteiger partial charge in [-0.2, -0.15) is 0 Å². The van der Waals surface area contributed by atoms with Crippen molar-refractivity contribution in [3.63, 3.8) is 0 Å². The molecule has 2 fully saturated rings. The van der Waals surface area contributed by atoms with Crippen molar-refractivity contribution in [2.24, 2.45) is 5.92 Å². The molecular formula is C27H32N10O5. The number of fused-ring (bicyclic) bond motifs is 2. The summed E-state index contributed by atoms with van der Waals surface area (Å²) in [5.74, 6) is 0.636. The minimum atomic E-state index is -1.03. The van der Waals surface area contributed by atoms with E-state index in [9.17, 15) is 14.4 Å². The van der Waals surface area contributed by atoms with Gasteiger partial charge in [0.1, 0.15) is 29.2 Å². The third-order valence-electron chi connectivity index (χ3n) is 8.06. The number of nitrogen functional groups attached to an aromatic ring is 2. The lowest BCUT2D eigenvalue weighted by atomic mass is 9.80. The lowest BCUT2D eigenvalue weighted by molar-refractivity contribution is -0.117. The van der Waals surface area contributed by atoms with Gasteiger partial charge in [0.2, 0.25) is 17.4 Å². The zero-order chi connectivity index (χ0) is 29.8. The first-order chi connectivity index (χ1) is 20.2. The van der Waals surface area contributed by atoms with Crippen LogP contribution in [0.15, 0.2) is 17.2 Å². The van der Waals surface area contributed by atoms with E-state index in [4.69, 9.17) is 20.9 Å². The highest BCUT2D eigenvalue weighted by Crippen LogP contribution is 2.45. The lowest BCUT2D eigenvalue weighted by Crippen LogP contribution is -2.50. The zero-order valence-corrected chi connectivity index (χ0v) is 23.5. The Bertz CT molecular complexity index is 1670. The van der Waals surface area contributed by atoms with Gasteiger partial charge in [0.15, 0.2) is 23.3 Å². The van der Waals surface area contributed by atoms with Gasteiger partial charge in [-0.25, -0.2) is 19.9 Å². The van der Waals surface area contributed by atoms with Crippen LogP contribution in [0.25, 0.3) is 0 Å². The summed E-state index contributed by atoms with van der Waals surface area (Å²) in [4.78, 5) is 57.1. The Labute approximate surface area is 240 Å². The van der Waals surface area contributed by atoms with Crippen LogP contribution in [-0.4, -0.2) is 50.5 Å². The maximum atomic E-state index is 14.0. The first-order valence-corrected chi connectivity index (χ1v) is 13.7. The fourth-order valence-electron chi connectivity index (χ4n) is 5.96. The summed E-state index contributed by atoms with van der Waals surface area (Å²) in [6.45, 7) is 1.77.